The Morgan fingerprint density at radius 3 is 2.50 bits per heavy atom. The fourth-order valence-corrected chi connectivity index (χ4v) is 1.54. The summed E-state index contributed by atoms with van der Waals surface area (Å²) in [5, 5.41) is 32.9. The molecule has 1 saturated heterocycles. The first-order chi connectivity index (χ1) is 6.61. The molecule has 1 aliphatic heterocycles. The molecule has 1 heterocycles. The predicted octanol–water partition coefficient (Wildman–Crippen LogP) is -2.82. The number of likely N-dealkylation sites (N-methyl/N-ethyl adjacent to an activating group) is 1. The van der Waals surface area contributed by atoms with Gasteiger partial charge in [0.2, 0.25) is 5.91 Å². The van der Waals surface area contributed by atoms with E-state index in [0.717, 1.165) is 0 Å². The molecule has 0 aromatic carbocycles. The number of amides is 1. The molecule has 0 saturated carbocycles. The summed E-state index contributed by atoms with van der Waals surface area (Å²) in [4.78, 5) is 11.3. The van der Waals surface area contributed by atoms with Gasteiger partial charge in [0.05, 0.1) is 18.8 Å². The van der Waals surface area contributed by atoms with E-state index in [4.69, 9.17) is 5.11 Å². The highest BCUT2D eigenvalue weighted by Gasteiger charge is 2.43. The zero-order valence-corrected chi connectivity index (χ0v) is 7.97. The van der Waals surface area contributed by atoms with Gasteiger partial charge in [0.1, 0.15) is 12.1 Å². The van der Waals surface area contributed by atoms with Crippen LogP contribution < -0.4 is 10.6 Å². The van der Waals surface area contributed by atoms with Crippen molar-refractivity contribution in [2.24, 2.45) is 0 Å². The fourth-order valence-electron chi connectivity index (χ4n) is 1.54. The highest BCUT2D eigenvalue weighted by atomic mass is 16.3. The van der Waals surface area contributed by atoms with Crippen LogP contribution in [0.2, 0.25) is 0 Å². The lowest BCUT2D eigenvalue weighted by molar-refractivity contribution is -0.125. The molecular weight excluding hydrogens is 188 g/mol. The second-order valence-electron chi connectivity index (χ2n) is 3.31. The van der Waals surface area contributed by atoms with Crippen LogP contribution >= 0.6 is 0 Å². The number of hydrogen-bond donors (Lipinski definition) is 5. The Bertz CT molecular complexity index is 212. The average Bonchev–Trinajstić information content (AvgIpc) is 2.44. The van der Waals surface area contributed by atoms with E-state index in [9.17, 15) is 15.0 Å². The van der Waals surface area contributed by atoms with Crippen LogP contribution in [0, 0.1) is 0 Å². The third-order valence-electron chi connectivity index (χ3n) is 2.33. The van der Waals surface area contributed by atoms with Crippen LogP contribution in [-0.2, 0) is 4.79 Å². The third-order valence-corrected chi connectivity index (χ3v) is 2.33. The van der Waals surface area contributed by atoms with Crippen LogP contribution in [-0.4, -0.2) is 58.7 Å². The molecule has 1 fully saturated rings. The number of rotatable bonds is 3. The number of aliphatic hydroxyl groups is 3. The largest absolute Gasteiger partial charge is 0.395 e. The fraction of sp³-hybridized carbons (Fsp3) is 0.875. The molecule has 4 unspecified atom stereocenters. The Hall–Kier alpha value is -0.690. The van der Waals surface area contributed by atoms with Gasteiger partial charge in [-0.3, -0.25) is 10.1 Å². The third kappa shape index (κ3) is 2.03. The Morgan fingerprint density at radius 1 is 1.43 bits per heavy atom. The molecule has 0 spiro atoms. The predicted molar refractivity (Wildman–Crippen MR) is 48.5 cm³/mol. The highest BCUT2D eigenvalue weighted by Crippen LogP contribution is 2.14. The van der Waals surface area contributed by atoms with Gasteiger partial charge in [-0.25, -0.2) is 0 Å². The first-order valence-corrected chi connectivity index (χ1v) is 4.62. The Morgan fingerprint density at radius 2 is 2.07 bits per heavy atom. The van der Waals surface area contributed by atoms with E-state index >= 15 is 0 Å². The van der Waals surface area contributed by atoms with Crippen molar-refractivity contribution >= 4 is 5.91 Å². The molecule has 6 nitrogen and oxygen atoms in total. The van der Waals surface area contributed by atoms with Gasteiger partial charge in [-0.1, -0.05) is 0 Å². The van der Waals surface area contributed by atoms with E-state index < -0.39 is 24.3 Å². The number of hydrogen-bond acceptors (Lipinski definition) is 5. The van der Waals surface area contributed by atoms with Crippen molar-refractivity contribution in [1.29, 1.82) is 0 Å². The monoisotopic (exact) mass is 204 g/mol. The lowest BCUT2D eigenvalue weighted by Gasteiger charge is -2.14. The number of aliphatic hydroxyl groups excluding tert-OH is 3. The number of carbonyl (C=O) groups is 1. The average molecular weight is 204 g/mol. The zero-order chi connectivity index (χ0) is 10.7. The van der Waals surface area contributed by atoms with Gasteiger partial charge in [-0.05, 0) is 6.92 Å². The molecule has 1 rings (SSSR count). The maximum absolute atomic E-state index is 11.3. The molecule has 14 heavy (non-hydrogen) atoms. The molecule has 82 valence electrons. The molecule has 1 aliphatic rings. The minimum Gasteiger partial charge on any atom is -0.395 e. The molecule has 6 heteroatoms. The maximum atomic E-state index is 11.3. The lowest BCUT2D eigenvalue weighted by Crippen LogP contribution is -2.47. The first kappa shape index (κ1) is 11.4. The summed E-state index contributed by atoms with van der Waals surface area (Å²) < 4.78 is 0. The molecule has 0 aromatic heterocycles. The molecule has 0 aliphatic carbocycles. The summed E-state index contributed by atoms with van der Waals surface area (Å²) in [5.41, 5.74) is 0. The van der Waals surface area contributed by atoms with Crippen molar-refractivity contribution < 1.29 is 20.1 Å². The van der Waals surface area contributed by atoms with Gasteiger partial charge in [-0.15, -0.1) is 0 Å². The molecule has 0 aromatic rings. The van der Waals surface area contributed by atoms with Gasteiger partial charge in [0.25, 0.3) is 0 Å². The minimum atomic E-state index is -1.17. The van der Waals surface area contributed by atoms with Crippen LogP contribution in [0.3, 0.4) is 0 Å². The van der Waals surface area contributed by atoms with E-state index in [1.807, 2.05) is 0 Å². The highest BCUT2D eigenvalue weighted by molar-refractivity contribution is 5.83. The summed E-state index contributed by atoms with van der Waals surface area (Å²) in [7, 11) is 0. The van der Waals surface area contributed by atoms with Crippen LogP contribution in [0.15, 0.2) is 0 Å². The van der Waals surface area contributed by atoms with Crippen molar-refractivity contribution in [2.75, 3.05) is 13.2 Å². The van der Waals surface area contributed by atoms with Gasteiger partial charge in [-0.2, -0.15) is 0 Å². The molecule has 4 atom stereocenters. The molecular formula is C8H16N2O4. The Kier molecular flexibility index (Phi) is 3.82. The SMILES string of the molecule is CCNC(=O)C1NC(CO)C(O)C1O. The summed E-state index contributed by atoms with van der Waals surface area (Å²) >= 11 is 0. The van der Waals surface area contributed by atoms with Crippen molar-refractivity contribution in [3.63, 3.8) is 0 Å². The second-order valence-corrected chi connectivity index (χ2v) is 3.31. The van der Waals surface area contributed by atoms with E-state index in [0.29, 0.717) is 6.54 Å². The standard InChI is InChI=1S/C8H16N2O4/c1-2-9-8(14)5-7(13)6(12)4(3-11)10-5/h4-7,10-13H,2-3H2,1H3,(H,9,14). The minimum absolute atomic E-state index is 0.311. The van der Waals surface area contributed by atoms with E-state index in [-0.39, 0.29) is 12.5 Å². The van der Waals surface area contributed by atoms with Gasteiger partial charge >= 0.3 is 0 Å². The first-order valence-electron chi connectivity index (χ1n) is 4.62. The van der Waals surface area contributed by atoms with E-state index in [1.54, 1.807) is 6.92 Å². The number of nitrogens with one attached hydrogen (secondary N) is 2. The Labute approximate surface area is 81.9 Å². The summed E-state index contributed by atoms with van der Waals surface area (Å²) in [6.07, 6.45) is -2.27. The Balaban J connectivity index is 2.60. The summed E-state index contributed by atoms with van der Waals surface area (Å²) in [6.45, 7) is 1.91. The molecule has 5 N–H and O–H groups in total. The van der Waals surface area contributed by atoms with Gasteiger partial charge in [0, 0.05) is 6.54 Å². The van der Waals surface area contributed by atoms with Crippen LogP contribution in [0.1, 0.15) is 6.92 Å². The normalized spacial score (nSPS) is 37.1. The summed E-state index contributed by atoms with van der Waals surface area (Å²) in [6, 6.07) is -1.49. The van der Waals surface area contributed by atoms with Gasteiger partial charge in [0.15, 0.2) is 0 Å². The second kappa shape index (κ2) is 4.70. The molecule has 0 radical (unpaired) electrons. The van der Waals surface area contributed by atoms with Crippen LogP contribution in [0.25, 0.3) is 0 Å². The number of carbonyl (C=O) groups excluding carboxylic acids is 1. The van der Waals surface area contributed by atoms with Crippen LogP contribution in [0.4, 0.5) is 0 Å². The zero-order valence-electron chi connectivity index (χ0n) is 7.97. The van der Waals surface area contributed by atoms with E-state index in [1.165, 1.54) is 0 Å². The van der Waals surface area contributed by atoms with Crippen LogP contribution in [0.5, 0.6) is 0 Å². The molecule has 0 bridgehead atoms. The smallest absolute Gasteiger partial charge is 0.239 e. The van der Waals surface area contributed by atoms with Gasteiger partial charge < -0.3 is 20.6 Å². The molecule has 1 amide bonds. The lowest BCUT2D eigenvalue weighted by atomic mass is 10.1. The quantitative estimate of drug-likeness (QED) is 0.341. The van der Waals surface area contributed by atoms with Crippen molar-refractivity contribution in [1.82, 2.24) is 10.6 Å². The van der Waals surface area contributed by atoms with E-state index in [2.05, 4.69) is 10.6 Å². The topological polar surface area (TPSA) is 102 Å². The maximum Gasteiger partial charge on any atom is 0.239 e. The van der Waals surface area contributed by atoms with Crippen molar-refractivity contribution in [2.45, 2.75) is 31.2 Å². The summed E-state index contributed by atoms with van der Waals surface area (Å²) in [5.74, 6) is -0.366. The van der Waals surface area contributed by atoms with Crippen molar-refractivity contribution in [3.05, 3.63) is 0 Å². The van der Waals surface area contributed by atoms with Crippen molar-refractivity contribution in [3.8, 4) is 0 Å².